The molecule has 128 valence electrons. The van der Waals surface area contributed by atoms with Crippen LogP contribution in [0.3, 0.4) is 0 Å². The minimum absolute atomic E-state index is 0.0568. The molecule has 1 heterocycles. The maximum atomic E-state index is 12.9. The van der Waals surface area contributed by atoms with Gasteiger partial charge in [0.1, 0.15) is 6.33 Å². The highest BCUT2D eigenvalue weighted by Gasteiger charge is 2.23. The van der Waals surface area contributed by atoms with Crippen molar-refractivity contribution < 1.29 is 4.79 Å². The molecule has 0 saturated carbocycles. The van der Waals surface area contributed by atoms with Crippen molar-refractivity contribution in [1.82, 2.24) is 14.8 Å². The van der Waals surface area contributed by atoms with Gasteiger partial charge in [0.05, 0.1) is 5.25 Å². The summed E-state index contributed by atoms with van der Waals surface area (Å²) < 4.78 is 1.90. The Morgan fingerprint density at radius 3 is 2.40 bits per heavy atom. The fourth-order valence-electron chi connectivity index (χ4n) is 2.57. The van der Waals surface area contributed by atoms with Crippen LogP contribution in [0.5, 0.6) is 0 Å². The van der Waals surface area contributed by atoms with E-state index in [1.165, 1.54) is 11.8 Å². The Kier molecular flexibility index (Phi) is 5.50. The summed E-state index contributed by atoms with van der Waals surface area (Å²) in [5.74, 6) is 0.0568. The van der Waals surface area contributed by atoms with E-state index in [9.17, 15) is 4.79 Å². The van der Waals surface area contributed by atoms with Gasteiger partial charge in [0.2, 0.25) is 5.91 Å². The normalized spacial score (nSPS) is 11.9. The third-order valence-corrected chi connectivity index (χ3v) is 4.88. The summed E-state index contributed by atoms with van der Waals surface area (Å²) in [5.41, 5.74) is 1.89. The number of carbonyl (C=O) groups excluding carboxylic acids is 1. The molecule has 0 bridgehead atoms. The number of benzene rings is 2. The van der Waals surface area contributed by atoms with E-state index in [0.717, 1.165) is 11.4 Å². The first kappa shape index (κ1) is 17.2. The number of carbonyl (C=O) groups is 1. The third kappa shape index (κ3) is 3.91. The van der Waals surface area contributed by atoms with E-state index < -0.39 is 0 Å². The van der Waals surface area contributed by atoms with Gasteiger partial charge in [-0.3, -0.25) is 9.36 Å². The standard InChI is InChI=1S/C19H20N4OS/c1-3-22(16-10-6-4-7-11-16)18(24)15(2)25-19-21-20-14-23(19)17-12-8-5-9-13-17/h4-15H,3H2,1-2H3/t15-/m1/s1. The van der Waals surface area contributed by atoms with Crippen LogP contribution in [0.1, 0.15) is 13.8 Å². The Morgan fingerprint density at radius 1 is 1.12 bits per heavy atom. The van der Waals surface area contributed by atoms with Gasteiger partial charge in [0, 0.05) is 17.9 Å². The Balaban J connectivity index is 1.77. The number of hydrogen-bond acceptors (Lipinski definition) is 4. The van der Waals surface area contributed by atoms with Crippen molar-refractivity contribution in [3.8, 4) is 5.69 Å². The van der Waals surface area contributed by atoms with Crippen LogP contribution in [-0.2, 0) is 4.79 Å². The third-order valence-electron chi connectivity index (χ3n) is 3.83. The van der Waals surface area contributed by atoms with Crippen molar-refractivity contribution in [2.45, 2.75) is 24.3 Å². The van der Waals surface area contributed by atoms with E-state index in [2.05, 4.69) is 10.2 Å². The molecule has 6 heteroatoms. The zero-order valence-corrected chi connectivity index (χ0v) is 15.1. The second-order valence-electron chi connectivity index (χ2n) is 5.50. The molecule has 0 unspecified atom stereocenters. The summed E-state index contributed by atoms with van der Waals surface area (Å²) in [7, 11) is 0. The van der Waals surface area contributed by atoms with Gasteiger partial charge in [-0.2, -0.15) is 0 Å². The fourth-order valence-corrected chi connectivity index (χ4v) is 3.48. The van der Waals surface area contributed by atoms with E-state index in [0.29, 0.717) is 11.7 Å². The predicted molar refractivity (Wildman–Crippen MR) is 101 cm³/mol. The number of nitrogens with zero attached hydrogens (tertiary/aromatic N) is 4. The lowest BCUT2D eigenvalue weighted by molar-refractivity contribution is -0.117. The van der Waals surface area contributed by atoms with Crippen LogP contribution >= 0.6 is 11.8 Å². The molecule has 2 aromatic carbocycles. The van der Waals surface area contributed by atoms with Crippen molar-refractivity contribution in [2.24, 2.45) is 0 Å². The molecule has 0 aliphatic rings. The van der Waals surface area contributed by atoms with Crippen LogP contribution in [0, 0.1) is 0 Å². The van der Waals surface area contributed by atoms with Crippen LogP contribution in [-0.4, -0.2) is 32.5 Å². The molecule has 1 amide bonds. The highest BCUT2D eigenvalue weighted by Crippen LogP contribution is 2.26. The lowest BCUT2D eigenvalue weighted by Crippen LogP contribution is -2.36. The van der Waals surface area contributed by atoms with Crippen LogP contribution in [0.25, 0.3) is 5.69 Å². The van der Waals surface area contributed by atoms with Crippen molar-refractivity contribution in [2.75, 3.05) is 11.4 Å². The van der Waals surface area contributed by atoms with Crippen molar-refractivity contribution >= 4 is 23.4 Å². The van der Waals surface area contributed by atoms with Gasteiger partial charge in [-0.1, -0.05) is 48.2 Å². The van der Waals surface area contributed by atoms with Crippen LogP contribution in [0.4, 0.5) is 5.69 Å². The van der Waals surface area contributed by atoms with Crippen molar-refractivity contribution in [3.63, 3.8) is 0 Å². The van der Waals surface area contributed by atoms with E-state index in [4.69, 9.17) is 0 Å². The Hall–Kier alpha value is -2.60. The second-order valence-corrected chi connectivity index (χ2v) is 6.81. The zero-order chi connectivity index (χ0) is 17.6. The molecule has 0 radical (unpaired) electrons. The number of rotatable bonds is 6. The molecule has 3 aromatic rings. The fraction of sp³-hybridized carbons (Fsp3) is 0.211. The van der Waals surface area contributed by atoms with E-state index in [1.54, 1.807) is 11.2 Å². The minimum atomic E-state index is -0.271. The van der Waals surface area contributed by atoms with E-state index >= 15 is 0 Å². The summed E-state index contributed by atoms with van der Waals surface area (Å²) in [6, 6.07) is 19.6. The van der Waals surface area contributed by atoms with Gasteiger partial charge in [-0.05, 0) is 38.1 Å². The van der Waals surface area contributed by atoms with Gasteiger partial charge in [-0.15, -0.1) is 10.2 Å². The number of thioether (sulfide) groups is 1. The van der Waals surface area contributed by atoms with Crippen molar-refractivity contribution in [3.05, 3.63) is 67.0 Å². The lowest BCUT2D eigenvalue weighted by atomic mass is 10.2. The largest absolute Gasteiger partial charge is 0.312 e. The van der Waals surface area contributed by atoms with Gasteiger partial charge in [0.15, 0.2) is 5.16 Å². The first-order valence-corrected chi connectivity index (χ1v) is 9.07. The van der Waals surface area contributed by atoms with E-state index in [-0.39, 0.29) is 11.2 Å². The first-order chi connectivity index (χ1) is 12.2. The SMILES string of the molecule is CCN(C(=O)[C@@H](C)Sc1nncn1-c1ccccc1)c1ccccc1. The van der Waals surface area contributed by atoms with Gasteiger partial charge < -0.3 is 4.90 Å². The van der Waals surface area contributed by atoms with Gasteiger partial charge in [-0.25, -0.2) is 0 Å². The Bertz CT molecular complexity index is 820. The molecular formula is C19H20N4OS. The number of hydrogen-bond donors (Lipinski definition) is 0. The quantitative estimate of drug-likeness (QED) is 0.633. The summed E-state index contributed by atoms with van der Waals surface area (Å²) >= 11 is 1.42. The summed E-state index contributed by atoms with van der Waals surface area (Å²) in [6.07, 6.45) is 1.67. The molecule has 0 N–H and O–H groups in total. The van der Waals surface area contributed by atoms with Crippen LogP contribution in [0.2, 0.25) is 0 Å². The smallest absolute Gasteiger partial charge is 0.240 e. The van der Waals surface area contributed by atoms with E-state index in [1.807, 2.05) is 79.1 Å². The summed E-state index contributed by atoms with van der Waals surface area (Å²) in [5, 5.41) is 8.61. The van der Waals surface area contributed by atoms with Gasteiger partial charge >= 0.3 is 0 Å². The first-order valence-electron chi connectivity index (χ1n) is 8.19. The molecule has 25 heavy (non-hydrogen) atoms. The summed E-state index contributed by atoms with van der Waals surface area (Å²) in [6.45, 7) is 4.51. The molecular weight excluding hydrogens is 332 g/mol. The number of anilines is 1. The monoisotopic (exact) mass is 352 g/mol. The Labute approximate surface area is 151 Å². The van der Waals surface area contributed by atoms with Crippen molar-refractivity contribution in [1.29, 1.82) is 0 Å². The molecule has 0 aliphatic carbocycles. The molecule has 3 rings (SSSR count). The van der Waals surface area contributed by atoms with Gasteiger partial charge in [0.25, 0.3) is 0 Å². The van der Waals surface area contributed by atoms with Crippen LogP contribution < -0.4 is 4.90 Å². The predicted octanol–water partition coefficient (Wildman–Crippen LogP) is 3.80. The molecule has 0 spiro atoms. The molecule has 0 fully saturated rings. The molecule has 0 saturated heterocycles. The number of para-hydroxylation sites is 2. The average Bonchev–Trinajstić information content (AvgIpc) is 3.12. The second kappa shape index (κ2) is 7.98. The summed E-state index contributed by atoms with van der Waals surface area (Å²) in [4.78, 5) is 14.7. The molecule has 0 aliphatic heterocycles. The van der Waals surface area contributed by atoms with Crippen LogP contribution in [0.15, 0.2) is 72.1 Å². The molecule has 5 nitrogen and oxygen atoms in total. The Morgan fingerprint density at radius 2 is 1.76 bits per heavy atom. The number of aromatic nitrogens is 3. The molecule has 1 aromatic heterocycles. The molecule has 1 atom stereocenters. The highest BCUT2D eigenvalue weighted by atomic mass is 32.2. The topological polar surface area (TPSA) is 51.0 Å². The minimum Gasteiger partial charge on any atom is -0.312 e. The lowest BCUT2D eigenvalue weighted by Gasteiger charge is -2.24. The maximum absolute atomic E-state index is 12.9. The maximum Gasteiger partial charge on any atom is 0.240 e. The number of amides is 1. The average molecular weight is 352 g/mol. The zero-order valence-electron chi connectivity index (χ0n) is 14.2. The highest BCUT2D eigenvalue weighted by molar-refractivity contribution is 8.00.